The molecule has 1 heterocycles. The van der Waals surface area contributed by atoms with Gasteiger partial charge in [-0.15, -0.1) is 0 Å². The molecular formula is C42H51NS. The SMILES string of the molecule is CC.CC(C)C.CCc1ccc(C)cc1.Cc1ccc2c(c1)C1(C3=CCC(C)C=C3Sc3ccccc31)c1cc(N)ccc1-2. The summed E-state index contributed by atoms with van der Waals surface area (Å²) < 4.78 is 0. The lowest BCUT2D eigenvalue weighted by molar-refractivity contribution is 0.676. The first-order valence-corrected chi connectivity index (χ1v) is 17.2. The van der Waals surface area contributed by atoms with Crippen LogP contribution in [0.5, 0.6) is 0 Å². The molecule has 1 spiro atoms. The van der Waals surface area contributed by atoms with Gasteiger partial charge in [-0.05, 0) is 95.7 Å². The lowest BCUT2D eigenvalue weighted by atomic mass is 9.65. The zero-order valence-corrected chi connectivity index (χ0v) is 29.1. The third-order valence-electron chi connectivity index (χ3n) is 8.16. The van der Waals surface area contributed by atoms with E-state index in [0.717, 1.165) is 24.4 Å². The number of aryl methyl sites for hydroxylation is 3. The minimum atomic E-state index is -0.278. The summed E-state index contributed by atoms with van der Waals surface area (Å²) in [5, 5.41) is 0. The highest BCUT2D eigenvalue weighted by molar-refractivity contribution is 8.03. The molecule has 44 heavy (non-hydrogen) atoms. The minimum Gasteiger partial charge on any atom is -0.399 e. The predicted octanol–water partition coefficient (Wildman–Crippen LogP) is 12.1. The first kappa shape index (κ1) is 33.4. The second-order valence-corrected chi connectivity index (χ2v) is 13.7. The van der Waals surface area contributed by atoms with Crippen LogP contribution in [0.4, 0.5) is 5.69 Å². The van der Waals surface area contributed by atoms with Gasteiger partial charge in [0.2, 0.25) is 0 Å². The van der Waals surface area contributed by atoms with E-state index < -0.39 is 0 Å². The van der Waals surface area contributed by atoms with Crippen LogP contribution in [-0.2, 0) is 11.8 Å². The quantitative estimate of drug-likeness (QED) is 0.220. The number of anilines is 1. The van der Waals surface area contributed by atoms with Gasteiger partial charge in [-0.2, -0.15) is 0 Å². The van der Waals surface area contributed by atoms with Gasteiger partial charge in [-0.1, -0.05) is 150 Å². The van der Waals surface area contributed by atoms with E-state index in [9.17, 15) is 0 Å². The molecule has 0 radical (unpaired) electrons. The fourth-order valence-corrected chi connectivity index (χ4v) is 7.60. The molecule has 1 aliphatic heterocycles. The average molecular weight is 602 g/mol. The van der Waals surface area contributed by atoms with E-state index in [1.165, 1.54) is 59.9 Å². The Labute approximate surface area is 271 Å². The fraction of sp³-hybridized carbons (Fsp3) is 0.333. The first-order valence-electron chi connectivity index (χ1n) is 16.4. The number of nitrogen functional groups attached to an aromatic ring is 1. The van der Waals surface area contributed by atoms with Crippen LogP contribution in [0.15, 0.2) is 112 Å². The molecule has 2 unspecified atom stereocenters. The van der Waals surface area contributed by atoms with Crippen LogP contribution in [0.1, 0.15) is 88.3 Å². The van der Waals surface area contributed by atoms with E-state index in [1.807, 2.05) is 31.7 Å². The average Bonchev–Trinajstić information content (AvgIpc) is 3.27. The van der Waals surface area contributed by atoms with Crippen molar-refractivity contribution in [3.05, 3.63) is 141 Å². The highest BCUT2D eigenvalue weighted by atomic mass is 32.2. The molecule has 4 aromatic carbocycles. The lowest BCUT2D eigenvalue weighted by Gasteiger charge is -2.43. The highest BCUT2D eigenvalue weighted by Gasteiger charge is 2.52. The molecule has 7 rings (SSSR count). The summed E-state index contributed by atoms with van der Waals surface area (Å²) in [6.45, 7) is 19.3. The maximum Gasteiger partial charge on any atom is 0.0733 e. The van der Waals surface area contributed by atoms with Gasteiger partial charge in [0.25, 0.3) is 0 Å². The number of hydrogen-bond acceptors (Lipinski definition) is 2. The van der Waals surface area contributed by atoms with Crippen LogP contribution < -0.4 is 5.73 Å². The molecular weight excluding hydrogens is 551 g/mol. The number of allylic oxidation sites excluding steroid dienone is 3. The second-order valence-electron chi connectivity index (χ2n) is 12.6. The summed E-state index contributed by atoms with van der Waals surface area (Å²) in [4.78, 5) is 2.76. The van der Waals surface area contributed by atoms with E-state index in [1.54, 1.807) is 0 Å². The monoisotopic (exact) mass is 601 g/mol. The van der Waals surface area contributed by atoms with Crippen molar-refractivity contribution in [3.8, 4) is 11.1 Å². The molecule has 2 aliphatic carbocycles. The molecule has 0 saturated heterocycles. The van der Waals surface area contributed by atoms with Gasteiger partial charge in [0.15, 0.2) is 0 Å². The minimum absolute atomic E-state index is 0.278. The summed E-state index contributed by atoms with van der Waals surface area (Å²) in [6.07, 6.45) is 7.19. The molecule has 0 aromatic heterocycles. The van der Waals surface area contributed by atoms with Crippen LogP contribution in [-0.4, -0.2) is 0 Å². The molecule has 4 aromatic rings. The van der Waals surface area contributed by atoms with Gasteiger partial charge in [-0.25, -0.2) is 0 Å². The second kappa shape index (κ2) is 14.5. The van der Waals surface area contributed by atoms with Gasteiger partial charge in [0.1, 0.15) is 0 Å². The van der Waals surface area contributed by atoms with Crippen LogP contribution in [0, 0.1) is 25.7 Å². The molecule has 0 bridgehead atoms. The topological polar surface area (TPSA) is 26.0 Å². The normalized spacial score (nSPS) is 18.5. The summed E-state index contributed by atoms with van der Waals surface area (Å²) in [5.74, 6) is 1.40. The number of rotatable bonds is 1. The van der Waals surface area contributed by atoms with Crippen molar-refractivity contribution < 1.29 is 0 Å². The smallest absolute Gasteiger partial charge is 0.0733 e. The fourth-order valence-electron chi connectivity index (χ4n) is 6.24. The molecule has 2 heteroatoms. The van der Waals surface area contributed by atoms with Crippen LogP contribution in [0.25, 0.3) is 11.1 Å². The van der Waals surface area contributed by atoms with Crippen LogP contribution in [0.2, 0.25) is 0 Å². The van der Waals surface area contributed by atoms with Gasteiger partial charge < -0.3 is 5.73 Å². The lowest BCUT2D eigenvalue weighted by Crippen LogP contribution is -2.34. The number of benzene rings is 4. The van der Waals surface area contributed by atoms with Crippen molar-refractivity contribution in [2.75, 3.05) is 5.73 Å². The zero-order chi connectivity index (χ0) is 32.0. The Kier molecular flexibility index (Phi) is 11.0. The molecule has 2 atom stereocenters. The van der Waals surface area contributed by atoms with E-state index in [-0.39, 0.29) is 5.41 Å². The van der Waals surface area contributed by atoms with Gasteiger partial charge in [-0.3, -0.25) is 0 Å². The summed E-state index contributed by atoms with van der Waals surface area (Å²) >= 11 is 1.92. The summed E-state index contributed by atoms with van der Waals surface area (Å²) in [5.41, 5.74) is 19.2. The molecule has 0 fully saturated rings. The van der Waals surface area contributed by atoms with E-state index >= 15 is 0 Å². The largest absolute Gasteiger partial charge is 0.399 e. The molecule has 0 amide bonds. The van der Waals surface area contributed by atoms with E-state index in [0.29, 0.717) is 5.92 Å². The van der Waals surface area contributed by atoms with E-state index in [4.69, 9.17) is 5.73 Å². The van der Waals surface area contributed by atoms with Crippen LogP contribution >= 0.6 is 11.8 Å². The van der Waals surface area contributed by atoms with Crippen molar-refractivity contribution in [2.24, 2.45) is 11.8 Å². The molecule has 1 nitrogen and oxygen atoms in total. The number of fused-ring (bicyclic) bond motifs is 9. The molecule has 2 N–H and O–H groups in total. The Morgan fingerprint density at radius 2 is 1.39 bits per heavy atom. The third kappa shape index (κ3) is 6.61. The zero-order valence-electron chi connectivity index (χ0n) is 28.3. The number of thioether (sulfide) groups is 1. The predicted molar refractivity (Wildman–Crippen MR) is 196 cm³/mol. The Morgan fingerprint density at radius 3 is 2.05 bits per heavy atom. The Hall–Kier alpha value is -3.49. The van der Waals surface area contributed by atoms with Gasteiger partial charge in [0.05, 0.1) is 5.41 Å². The van der Waals surface area contributed by atoms with Crippen molar-refractivity contribution in [2.45, 2.75) is 85.5 Å². The Balaban J connectivity index is 0.000000247. The Morgan fingerprint density at radius 1 is 0.795 bits per heavy atom. The van der Waals surface area contributed by atoms with E-state index in [2.05, 4.69) is 139 Å². The summed E-state index contributed by atoms with van der Waals surface area (Å²) in [6, 6.07) is 31.0. The Bertz CT molecular complexity index is 1580. The standard InChI is InChI=1S/C27H23NS.C9H12.C4H10.C2H6/c1-16-7-10-19-20-11-9-18(28)15-24(20)27(23(19)13-16)21-5-3-4-6-25(21)29-26-14-17(2)8-12-22(26)27;1-3-9-6-4-8(2)5-7-9;1-4(2)3;1-2/h3-7,9-15,17H,8,28H2,1-2H3;4-7H,3H2,1-2H3;4H,1-3H3;1-2H3. The van der Waals surface area contributed by atoms with Crippen molar-refractivity contribution in [1.82, 2.24) is 0 Å². The first-order chi connectivity index (χ1) is 21.1. The molecule has 230 valence electrons. The van der Waals surface area contributed by atoms with Crippen molar-refractivity contribution >= 4 is 17.4 Å². The van der Waals surface area contributed by atoms with Gasteiger partial charge in [0, 0.05) is 15.5 Å². The number of nitrogens with two attached hydrogens (primary N) is 1. The third-order valence-corrected chi connectivity index (χ3v) is 9.31. The van der Waals surface area contributed by atoms with Crippen molar-refractivity contribution in [1.29, 1.82) is 0 Å². The van der Waals surface area contributed by atoms with Gasteiger partial charge >= 0.3 is 0 Å². The maximum absolute atomic E-state index is 6.36. The molecule has 3 aliphatic rings. The summed E-state index contributed by atoms with van der Waals surface area (Å²) in [7, 11) is 0. The maximum atomic E-state index is 6.36. The van der Waals surface area contributed by atoms with Crippen molar-refractivity contribution in [3.63, 3.8) is 0 Å². The number of hydrogen-bond donors (Lipinski definition) is 1. The molecule has 0 saturated carbocycles. The van der Waals surface area contributed by atoms with Crippen LogP contribution in [0.3, 0.4) is 0 Å². The highest BCUT2D eigenvalue weighted by Crippen LogP contribution is 2.64.